The molecule has 1 fully saturated rings. The second kappa shape index (κ2) is 6.81. The predicted octanol–water partition coefficient (Wildman–Crippen LogP) is 1.62. The third-order valence-corrected chi connectivity index (χ3v) is 4.01. The van der Waals surface area contributed by atoms with Gasteiger partial charge in [0.05, 0.1) is 0 Å². The molecule has 1 aromatic carbocycles. The van der Waals surface area contributed by atoms with Crippen LogP contribution >= 0.6 is 0 Å². The predicted molar refractivity (Wildman–Crippen MR) is 78.0 cm³/mol. The third kappa shape index (κ3) is 3.77. The molecule has 2 rings (SSSR count). The van der Waals surface area contributed by atoms with Gasteiger partial charge in [-0.05, 0) is 37.9 Å². The Hall–Kier alpha value is -1.46. The first kappa shape index (κ1) is 14.9. The minimum absolute atomic E-state index is 0.246. The summed E-state index contributed by atoms with van der Waals surface area (Å²) in [5.41, 5.74) is 0.590. The zero-order valence-corrected chi connectivity index (χ0v) is 12.0. The summed E-state index contributed by atoms with van der Waals surface area (Å²) in [6.07, 6.45) is 2.54. The normalized spacial score (nSPS) is 17.4. The zero-order chi connectivity index (χ0) is 14.5. The maximum atomic E-state index is 9.70. The van der Waals surface area contributed by atoms with Crippen LogP contribution < -0.4 is 5.32 Å². The van der Waals surface area contributed by atoms with Crippen LogP contribution in [0.4, 0.5) is 0 Å². The van der Waals surface area contributed by atoms with Crippen LogP contribution in [0, 0.1) is 5.92 Å². The van der Waals surface area contributed by atoms with Crippen molar-refractivity contribution in [2.45, 2.75) is 26.3 Å². The van der Waals surface area contributed by atoms with Crippen LogP contribution in [0.5, 0.6) is 17.2 Å². The Kier molecular flexibility index (Phi) is 5.09. The molecule has 0 bridgehead atoms. The Morgan fingerprint density at radius 3 is 2.55 bits per heavy atom. The molecule has 5 nitrogen and oxygen atoms in total. The van der Waals surface area contributed by atoms with Crippen molar-refractivity contribution in [3.8, 4) is 17.2 Å². The van der Waals surface area contributed by atoms with E-state index in [4.69, 9.17) is 0 Å². The molecule has 1 saturated heterocycles. The van der Waals surface area contributed by atoms with Gasteiger partial charge >= 0.3 is 0 Å². The average molecular weight is 280 g/mol. The lowest BCUT2D eigenvalue weighted by Crippen LogP contribution is -2.37. The number of phenols is 3. The van der Waals surface area contributed by atoms with E-state index in [1.807, 2.05) is 0 Å². The molecular weight excluding hydrogens is 256 g/mol. The van der Waals surface area contributed by atoms with Gasteiger partial charge in [0.1, 0.15) is 0 Å². The van der Waals surface area contributed by atoms with Gasteiger partial charge in [0, 0.05) is 25.2 Å². The summed E-state index contributed by atoms with van der Waals surface area (Å²) in [6.45, 7) is 6.94. The van der Waals surface area contributed by atoms with Crippen molar-refractivity contribution in [3.63, 3.8) is 0 Å². The van der Waals surface area contributed by atoms with Gasteiger partial charge in [-0.15, -0.1) is 0 Å². The van der Waals surface area contributed by atoms with Crippen LogP contribution in [0.15, 0.2) is 12.1 Å². The molecule has 1 heterocycles. The number of rotatable bonds is 5. The van der Waals surface area contributed by atoms with E-state index in [-0.39, 0.29) is 11.5 Å². The Morgan fingerprint density at radius 2 is 1.85 bits per heavy atom. The molecule has 0 unspecified atom stereocenters. The molecule has 0 spiro atoms. The van der Waals surface area contributed by atoms with E-state index in [2.05, 4.69) is 17.1 Å². The molecule has 5 heteroatoms. The van der Waals surface area contributed by atoms with E-state index in [9.17, 15) is 15.3 Å². The molecule has 1 aliphatic rings. The van der Waals surface area contributed by atoms with E-state index >= 15 is 0 Å². The summed E-state index contributed by atoms with van der Waals surface area (Å²) in [6, 6.07) is 3.00. The van der Waals surface area contributed by atoms with Crippen molar-refractivity contribution in [1.29, 1.82) is 0 Å². The van der Waals surface area contributed by atoms with E-state index in [1.165, 1.54) is 18.9 Å². The molecular formula is C15H24N2O3. The highest BCUT2D eigenvalue weighted by Gasteiger charge is 2.15. The first-order valence-corrected chi connectivity index (χ1v) is 7.23. The summed E-state index contributed by atoms with van der Waals surface area (Å²) in [7, 11) is 0. The lowest BCUT2D eigenvalue weighted by molar-refractivity contribution is 0.193. The maximum Gasteiger partial charge on any atom is 0.200 e. The lowest BCUT2D eigenvalue weighted by atomic mass is 9.99. The smallest absolute Gasteiger partial charge is 0.200 e. The Morgan fingerprint density at radius 1 is 1.15 bits per heavy atom. The molecule has 0 aromatic heterocycles. The van der Waals surface area contributed by atoms with Gasteiger partial charge in [-0.25, -0.2) is 0 Å². The molecule has 1 aromatic rings. The molecule has 0 saturated carbocycles. The SMILES string of the molecule is CC1CCN(CCNCc2ccc(O)c(O)c2O)CC1. The first-order valence-electron chi connectivity index (χ1n) is 7.23. The van der Waals surface area contributed by atoms with Crippen molar-refractivity contribution in [2.75, 3.05) is 26.2 Å². The summed E-state index contributed by atoms with van der Waals surface area (Å²) in [4.78, 5) is 2.45. The molecule has 112 valence electrons. The van der Waals surface area contributed by atoms with Crippen molar-refractivity contribution >= 4 is 0 Å². The number of benzene rings is 1. The molecule has 0 aliphatic carbocycles. The van der Waals surface area contributed by atoms with Crippen LogP contribution in [-0.4, -0.2) is 46.4 Å². The fourth-order valence-electron chi connectivity index (χ4n) is 2.50. The maximum absolute atomic E-state index is 9.70. The van der Waals surface area contributed by atoms with E-state index < -0.39 is 5.75 Å². The van der Waals surface area contributed by atoms with E-state index in [0.29, 0.717) is 12.1 Å². The van der Waals surface area contributed by atoms with E-state index in [0.717, 1.165) is 32.1 Å². The summed E-state index contributed by atoms with van der Waals surface area (Å²) < 4.78 is 0. The highest BCUT2D eigenvalue weighted by atomic mass is 16.3. The van der Waals surface area contributed by atoms with E-state index in [1.54, 1.807) is 6.07 Å². The molecule has 20 heavy (non-hydrogen) atoms. The third-order valence-electron chi connectivity index (χ3n) is 4.01. The topological polar surface area (TPSA) is 76.0 Å². The Labute approximate surface area is 119 Å². The summed E-state index contributed by atoms with van der Waals surface area (Å²) in [5, 5.41) is 31.6. The quantitative estimate of drug-likeness (QED) is 0.487. The van der Waals surface area contributed by atoms with Gasteiger partial charge in [0.15, 0.2) is 11.5 Å². The Balaban J connectivity index is 1.72. The second-order valence-corrected chi connectivity index (χ2v) is 5.64. The van der Waals surface area contributed by atoms with Crippen molar-refractivity contribution in [3.05, 3.63) is 17.7 Å². The lowest BCUT2D eigenvalue weighted by Gasteiger charge is -2.30. The number of likely N-dealkylation sites (tertiary alicyclic amines) is 1. The number of nitrogens with one attached hydrogen (secondary N) is 1. The van der Waals surface area contributed by atoms with Gasteiger partial charge in [0.25, 0.3) is 0 Å². The van der Waals surface area contributed by atoms with Crippen molar-refractivity contribution in [1.82, 2.24) is 10.2 Å². The monoisotopic (exact) mass is 280 g/mol. The van der Waals surface area contributed by atoms with Gasteiger partial charge in [0.2, 0.25) is 5.75 Å². The largest absolute Gasteiger partial charge is 0.504 e. The minimum atomic E-state index is -0.450. The van der Waals surface area contributed by atoms with Gasteiger partial charge in [-0.1, -0.05) is 13.0 Å². The van der Waals surface area contributed by atoms with Gasteiger partial charge < -0.3 is 25.5 Å². The number of phenolic OH excluding ortho intramolecular Hbond substituents is 3. The van der Waals surface area contributed by atoms with Crippen LogP contribution in [-0.2, 0) is 6.54 Å². The van der Waals surface area contributed by atoms with Crippen molar-refractivity contribution < 1.29 is 15.3 Å². The number of hydrogen-bond donors (Lipinski definition) is 4. The summed E-state index contributed by atoms with van der Waals surface area (Å²) in [5.74, 6) is -0.150. The van der Waals surface area contributed by atoms with Crippen molar-refractivity contribution in [2.24, 2.45) is 5.92 Å². The van der Waals surface area contributed by atoms with Crippen LogP contribution in [0.25, 0.3) is 0 Å². The molecule has 0 amide bonds. The number of aromatic hydroxyl groups is 3. The van der Waals surface area contributed by atoms with Gasteiger partial charge in [-0.2, -0.15) is 0 Å². The molecule has 0 radical (unpaired) electrons. The zero-order valence-electron chi connectivity index (χ0n) is 12.0. The Bertz CT molecular complexity index is 443. The molecule has 1 aliphatic heterocycles. The standard InChI is InChI=1S/C15H24N2O3/c1-11-4-7-17(8-5-11)9-6-16-10-12-2-3-13(18)15(20)14(12)19/h2-3,11,16,18-20H,4-10H2,1H3. The molecule has 4 N–H and O–H groups in total. The van der Waals surface area contributed by atoms with Crippen LogP contribution in [0.2, 0.25) is 0 Å². The summed E-state index contributed by atoms with van der Waals surface area (Å²) >= 11 is 0. The molecule has 0 atom stereocenters. The number of nitrogens with zero attached hydrogens (tertiary/aromatic N) is 1. The fraction of sp³-hybridized carbons (Fsp3) is 0.600. The number of piperidine rings is 1. The fourth-order valence-corrected chi connectivity index (χ4v) is 2.50. The highest BCUT2D eigenvalue weighted by molar-refractivity contribution is 5.52. The van der Waals surface area contributed by atoms with Crippen LogP contribution in [0.3, 0.4) is 0 Å². The highest BCUT2D eigenvalue weighted by Crippen LogP contribution is 2.36. The minimum Gasteiger partial charge on any atom is -0.504 e. The number of hydrogen-bond acceptors (Lipinski definition) is 5. The van der Waals surface area contributed by atoms with Crippen LogP contribution in [0.1, 0.15) is 25.3 Å². The van der Waals surface area contributed by atoms with Gasteiger partial charge in [-0.3, -0.25) is 0 Å². The first-order chi connectivity index (χ1) is 9.58. The second-order valence-electron chi connectivity index (χ2n) is 5.64. The average Bonchev–Trinajstić information content (AvgIpc) is 2.45.